The molecule has 3 amide bonds. The van der Waals surface area contributed by atoms with E-state index in [0.717, 1.165) is 31.5 Å². The van der Waals surface area contributed by atoms with Gasteiger partial charge in [0.2, 0.25) is 11.8 Å². The fourth-order valence-corrected chi connectivity index (χ4v) is 4.53. The van der Waals surface area contributed by atoms with Gasteiger partial charge in [0.15, 0.2) is 0 Å². The number of rotatable bonds is 7. The largest absolute Gasteiger partial charge is 0.414 e. The van der Waals surface area contributed by atoms with Crippen LogP contribution in [-0.4, -0.2) is 103 Å². The SMILES string of the molecule is COCc1ccc(NC(=O)N(C)[C@H]2CN(c3nccc(OC(=O)NC4CCN(C)CC4)n3)CC[C@H]2F)nc1. The summed E-state index contributed by atoms with van der Waals surface area (Å²) in [4.78, 5) is 43.4. The molecule has 2 aliphatic rings. The van der Waals surface area contributed by atoms with Crippen LogP contribution in [0.5, 0.6) is 5.88 Å². The van der Waals surface area contributed by atoms with Crippen molar-refractivity contribution in [2.45, 2.75) is 44.1 Å². The van der Waals surface area contributed by atoms with Gasteiger partial charge in [0.1, 0.15) is 12.0 Å². The van der Waals surface area contributed by atoms with Gasteiger partial charge in [-0.3, -0.25) is 5.32 Å². The summed E-state index contributed by atoms with van der Waals surface area (Å²) in [6.07, 6.45) is 3.22. The molecule has 0 unspecified atom stereocenters. The van der Waals surface area contributed by atoms with Crippen LogP contribution in [0.25, 0.3) is 0 Å². The zero-order valence-electron chi connectivity index (χ0n) is 22.0. The number of alkyl halides is 1. The number of hydrogen-bond donors (Lipinski definition) is 2. The summed E-state index contributed by atoms with van der Waals surface area (Å²) in [5.41, 5.74) is 0.871. The van der Waals surface area contributed by atoms with Gasteiger partial charge < -0.3 is 29.5 Å². The number of likely N-dealkylation sites (tertiary alicyclic amines) is 1. The average molecular weight is 531 g/mol. The summed E-state index contributed by atoms with van der Waals surface area (Å²) >= 11 is 0. The quantitative estimate of drug-likeness (QED) is 0.555. The molecule has 2 fully saturated rings. The summed E-state index contributed by atoms with van der Waals surface area (Å²) in [6.45, 7) is 2.78. The van der Waals surface area contributed by atoms with Gasteiger partial charge in [-0.05, 0) is 51.0 Å². The smallest absolute Gasteiger partial charge is 0.391 e. The maximum atomic E-state index is 14.9. The zero-order chi connectivity index (χ0) is 27.1. The highest BCUT2D eigenvalue weighted by Gasteiger charge is 2.35. The molecule has 2 atom stereocenters. The molecule has 2 aliphatic heterocycles. The van der Waals surface area contributed by atoms with Crippen LogP contribution in [-0.2, 0) is 11.3 Å². The lowest BCUT2D eigenvalue weighted by Crippen LogP contribution is -2.55. The minimum atomic E-state index is -1.22. The number of likely N-dealkylation sites (N-methyl/N-ethyl adjacent to an activating group) is 1. The van der Waals surface area contributed by atoms with Gasteiger partial charge in [0.25, 0.3) is 0 Å². The number of aromatic nitrogens is 3. The second-order valence-corrected chi connectivity index (χ2v) is 9.65. The number of methoxy groups -OCH3 is 1. The summed E-state index contributed by atoms with van der Waals surface area (Å²) in [5, 5.41) is 5.58. The highest BCUT2D eigenvalue weighted by Crippen LogP contribution is 2.23. The number of amides is 3. The van der Waals surface area contributed by atoms with E-state index in [-0.39, 0.29) is 24.9 Å². The highest BCUT2D eigenvalue weighted by molar-refractivity contribution is 5.88. The van der Waals surface area contributed by atoms with Crippen LogP contribution in [0.1, 0.15) is 24.8 Å². The fourth-order valence-electron chi connectivity index (χ4n) is 4.53. The number of halogens is 1. The molecule has 0 aromatic carbocycles. The van der Waals surface area contributed by atoms with Crippen molar-refractivity contribution < 1.29 is 23.5 Å². The van der Waals surface area contributed by atoms with Crippen molar-refractivity contribution in [3.63, 3.8) is 0 Å². The van der Waals surface area contributed by atoms with Crippen molar-refractivity contribution in [2.24, 2.45) is 0 Å². The lowest BCUT2D eigenvalue weighted by atomic mass is 10.0. The van der Waals surface area contributed by atoms with Crippen molar-refractivity contribution in [1.29, 1.82) is 0 Å². The monoisotopic (exact) mass is 530 g/mol. The molecule has 2 aromatic heterocycles. The number of urea groups is 1. The predicted octanol–water partition coefficient (Wildman–Crippen LogP) is 2.28. The van der Waals surface area contributed by atoms with E-state index >= 15 is 0 Å². The molecule has 2 saturated heterocycles. The minimum Gasteiger partial charge on any atom is -0.391 e. The summed E-state index contributed by atoms with van der Waals surface area (Å²) in [7, 11) is 5.19. The number of nitrogens with zero attached hydrogens (tertiary/aromatic N) is 6. The van der Waals surface area contributed by atoms with E-state index in [4.69, 9.17) is 9.47 Å². The van der Waals surface area contributed by atoms with Crippen LogP contribution in [0.4, 0.5) is 25.7 Å². The fraction of sp³-hybridized carbons (Fsp3) is 0.560. The van der Waals surface area contributed by atoms with Gasteiger partial charge in [-0.2, -0.15) is 4.98 Å². The summed E-state index contributed by atoms with van der Waals surface area (Å²) in [6, 6.07) is 3.81. The topological polar surface area (TPSA) is 125 Å². The highest BCUT2D eigenvalue weighted by atomic mass is 19.1. The molecule has 2 aromatic rings. The van der Waals surface area contributed by atoms with Crippen LogP contribution in [0, 0.1) is 0 Å². The Balaban J connectivity index is 1.34. The van der Waals surface area contributed by atoms with Crippen molar-refractivity contribution in [2.75, 3.05) is 57.6 Å². The molecule has 4 rings (SSSR count). The Morgan fingerprint density at radius 1 is 1.16 bits per heavy atom. The van der Waals surface area contributed by atoms with Crippen LogP contribution in [0.2, 0.25) is 0 Å². The number of ether oxygens (including phenoxy) is 2. The van der Waals surface area contributed by atoms with Gasteiger partial charge in [0, 0.05) is 51.7 Å². The standard InChI is InChI=1S/C25H35FN8O4/c1-32-11-7-18(8-12-32)29-25(36)38-22-6-10-27-23(31-22)34-13-9-19(26)20(15-34)33(2)24(35)30-21-5-4-17(14-28-21)16-37-3/h4-6,10,14,18-20H,7-9,11-13,15-16H2,1-3H3,(H,29,36)(H,28,30,35)/t19-,20+/m1/s1. The van der Waals surface area contributed by atoms with Gasteiger partial charge in [0.05, 0.1) is 12.6 Å². The van der Waals surface area contributed by atoms with E-state index in [9.17, 15) is 14.0 Å². The number of hydrogen-bond acceptors (Lipinski definition) is 9. The van der Waals surface area contributed by atoms with E-state index in [1.54, 1.807) is 37.4 Å². The average Bonchev–Trinajstić information content (AvgIpc) is 2.91. The lowest BCUT2D eigenvalue weighted by molar-refractivity contribution is 0.133. The molecule has 0 saturated carbocycles. The summed E-state index contributed by atoms with van der Waals surface area (Å²) in [5.74, 6) is 0.764. The van der Waals surface area contributed by atoms with Crippen LogP contribution in [0.3, 0.4) is 0 Å². The number of pyridine rings is 1. The molecule has 0 radical (unpaired) electrons. The Morgan fingerprint density at radius 2 is 1.95 bits per heavy atom. The maximum Gasteiger partial charge on any atom is 0.414 e. The van der Waals surface area contributed by atoms with Crippen LogP contribution in [0.15, 0.2) is 30.6 Å². The third kappa shape index (κ3) is 7.25. The first-order valence-corrected chi connectivity index (χ1v) is 12.7. The molecule has 0 aliphatic carbocycles. The molecule has 2 N–H and O–H groups in total. The van der Waals surface area contributed by atoms with E-state index < -0.39 is 24.3 Å². The molecule has 38 heavy (non-hydrogen) atoms. The van der Waals surface area contributed by atoms with Crippen LogP contribution < -0.4 is 20.3 Å². The number of piperidine rings is 2. The maximum absolute atomic E-state index is 14.9. The number of carbonyl (C=O) groups is 2. The van der Waals surface area contributed by atoms with Gasteiger partial charge in [-0.15, -0.1) is 0 Å². The van der Waals surface area contributed by atoms with Gasteiger partial charge in [-0.25, -0.2) is 23.9 Å². The van der Waals surface area contributed by atoms with Crippen molar-refractivity contribution in [3.05, 3.63) is 36.2 Å². The first kappa shape index (κ1) is 27.5. The van der Waals surface area contributed by atoms with E-state index in [1.165, 1.54) is 17.2 Å². The molecule has 13 heteroatoms. The Labute approximate surface area is 221 Å². The third-order valence-electron chi connectivity index (χ3n) is 6.83. The first-order valence-electron chi connectivity index (χ1n) is 12.7. The molecule has 0 spiro atoms. The lowest BCUT2D eigenvalue weighted by Gasteiger charge is -2.39. The second kappa shape index (κ2) is 12.8. The zero-order valence-corrected chi connectivity index (χ0v) is 22.0. The molecule has 0 bridgehead atoms. The first-order chi connectivity index (χ1) is 18.3. The Hall–Kier alpha value is -3.58. The molecule has 206 valence electrons. The van der Waals surface area contributed by atoms with E-state index in [1.807, 2.05) is 0 Å². The van der Waals surface area contributed by atoms with E-state index in [0.29, 0.717) is 24.9 Å². The third-order valence-corrected chi connectivity index (χ3v) is 6.83. The number of anilines is 2. The molecule has 12 nitrogen and oxygen atoms in total. The van der Waals surface area contributed by atoms with Crippen LogP contribution >= 0.6 is 0 Å². The predicted molar refractivity (Wildman–Crippen MR) is 139 cm³/mol. The van der Waals surface area contributed by atoms with Crippen molar-refractivity contribution in [1.82, 2.24) is 30.1 Å². The Bertz CT molecular complexity index is 1080. The molecular formula is C25H35FN8O4. The molecule has 4 heterocycles. The minimum absolute atomic E-state index is 0.0597. The summed E-state index contributed by atoms with van der Waals surface area (Å²) < 4.78 is 25.4. The second-order valence-electron chi connectivity index (χ2n) is 9.65. The Kier molecular flexibility index (Phi) is 9.24. The van der Waals surface area contributed by atoms with Crippen molar-refractivity contribution in [3.8, 4) is 5.88 Å². The van der Waals surface area contributed by atoms with Crippen molar-refractivity contribution >= 4 is 23.9 Å². The molecular weight excluding hydrogens is 495 g/mol. The number of nitrogens with one attached hydrogen (secondary N) is 2. The number of carbonyl (C=O) groups excluding carboxylic acids is 2. The van der Waals surface area contributed by atoms with Gasteiger partial charge in [-0.1, -0.05) is 6.07 Å². The Morgan fingerprint density at radius 3 is 2.66 bits per heavy atom. The normalized spacial score (nSPS) is 20.6. The van der Waals surface area contributed by atoms with Gasteiger partial charge >= 0.3 is 12.1 Å². The van der Waals surface area contributed by atoms with E-state index in [2.05, 4.69) is 37.5 Å².